The predicted molar refractivity (Wildman–Crippen MR) is 218 cm³/mol. The second-order valence-corrected chi connectivity index (χ2v) is 14.9. The number of benzene rings is 2. The average Bonchev–Trinajstić information content (AvgIpc) is 3.47. The number of likely N-dealkylation sites (N-methyl/N-ethyl adjacent to an activating group) is 1. The molecule has 0 radical (unpaired) electrons. The van der Waals surface area contributed by atoms with Crippen LogP contribution in [0.2, 0.25) is 5.02 Å². The molecule has 1 aliphatic carbocycles. The van der Waals surface area contributed by atoms with Crippen LogP contribution < -0.4 is 26.2 Å². The molecule has 4 aromatic rings. The van der Waals surface area contributed by atoms with Gasteiger partial charge in [0.1, 0.15) is 5.02 Å². The van der Waals surface area contributed by atoms with Crippen molar-refractivity contribution in [1.82, 2.24) is 25.1 Å². The second kappa shape index (κ2) is 15.3. The van der Waals surface area contributed by atoms with E-state index in [1.807, 2.05) is 23.9 Å². The molecular weight excluding hydrogens is 666 g/mol. The van der Waals surface area contributed by atoms with Crippen molar-refractivity contribution in [2.75, 3.05) is 41.0 Å². The lowest BCUT2D eigenvalue weighted by atomic mass is 9.82. The summed E-state index contributed by atoms with van der Waals surface area (Å²) in [4.78, 5) is 11.4. The number of hydrogen-bond donors (Lipinski definition) is 4. The van der Waals surface area contributed by atoms with Gasteiger partial charge in [0, 0.05) is 78.2 Å². The van der Waals surface area contributed by atoms with E-state index >= 15 is 0 Å². The Balaban J connectivity index is 0.903. The van der Waals surface area contributed by atoms with Crippen LogP contribution in [-0.4, -0.2) is 39.9 Å². The number of aromatic nitrogens is 4. The molecule has 52 heavy (non-hydrogen) atoms. The highest BCUT2D eigenvalue weighted by Gasteiger charge is 2.26. The lowest BCUT2D eigenvalue weighted by Gasteiger charge is -2.30. The Bertz CT molecular complexity index is 2050. The number of anilines is 5. The normalized spacial score (nSPS) is 20.3. The number of allylic oxidation sites excluding steroid dienone is 4. The Hall–Kier alpha value is -5.02. The molecule has 0 amide bonds. The lowest BCUT2D eigenvalue weighted by molar-refractivity contribution is 0.293. The summed E-state index contributed by atoms with van der Waals surface area (Å²) >= 11 is 6.56. The van der Waals surface area contributed by atoms with E-state index in [1.165, 1.54) is 36.6 Å². The fourth-order valence-corrected chi connectivity index (χ4v) is 7.94. The number of piperidine rings is 1. The van der Waals surface area contributed by atoms with Crippen LogP contribution in [0.3, 0.4) is 0 Å². The first-order valence-electron chi connectivity index (χ1n) is 18.4. The monoisotopic (exact) mass is 715 g/mol. The van der Waals surface area contributed by atoms with Gasteiger partial charge in [-0.05, 0) is 111 Å². The molecule has 1 saturated heterocycles. The number of rotatable bonds is 12. The van der Waals surface area contributed by atoms with Gasteiger partial charge in [0.2, 0.25) is 5.95 Å². The van der Waals surface area contributed by atoms with Crippen molar-refractivity contribution in [1.29, 1.82) is 0 Å². The summed E-state index contributed by atoms with van der Waals surface area (Å²) < 4.78 is 2.00. The van der Waals surface area contributed by atoms with E-state index in [-0.39, 0.29) is 5.92 Å². The lowest BCUT2D eigenvalue weighted by Crippen LogP contribution is -2.25. The number of halogens is 1. The molecule has 1 unspecified atom stereocenters. The molecule has 4 N–H and O–H groups in total. The number of nitrogens with zero attached hydrogens (tertiary/aromatic N) is 5. The minimum atomic E-state index is 0.200. The molecule has 2 aliphatic heterocycles. The molecule has 0 spiro atoms. The number of nitrogens with one attached hydrogen (secondary N) is 4. The summed E-state index contributed by atoms with van der Waals surface area (Å²) in [6.07, 6.45) is 14.3. The van der Waals surface area contributed by atoms with Crippen molar-refractivity contribution < 1.29 is 0 Å². The number of fused-ring (bicyclic) bond motifs is 2. The van der Waals surface area contributed by atoms with Gasteiger partial charge in [0.05, 0.1) is 17.4 Å². The van der Waals surface area contributed by atoms with Gasteiger partial charge in [-0.3, -0.25) is 4.68 Å². The molecule has 9 nitrogen and oxygen atoms in total. The van der Waals surface area contributed by atoms with E-state index in [1.54, 1.807) is 6.20 Å². The molecule has 2 aromatic carbocycles. The molecule has 4 heterocycles. The molecule has 2 fully saturated rings. The summed E-state index contributed by atoms with van der Waals surface area (Å²) in [5.41, 5.74) is 10.8. The molecule has 270 valence electrons. The first-order valence-corrected chi connectivity index (χ1v) is 18.8. The van der Waals surface area contributed by atoms with Crippen LogP contribution in [0.4, 0.5) is 28.8 Å². The Morgan fingerprint density at radius 2 is 1.71 bits per heavy atom. The second-order valence-electron chi connectivity index (χ2n) is 14.5. The van der Waals surface area contributed by atoms with Crippen LogP contribution in [0.25, 0.3) is 17.0 Å². The van der Waals surface area contributed by atoms with Crippen molar-refractivity contribution >= 4 is 57.4 Å². The van der Waals surface area contributed by atoms with Crippen molar-refractivity contribution in [2.24, 2.45) is 18.9 Å². The van der Waals surface area contributed by atoms with Gasteiger partial charge in [-0.25, -0.2) is 4.98 Å². The van der Waals surface area contributed by atoms with Crippen LogP contribution in [0, 0.1) is 11.8 Å². The summed E-state index contributed by atoms with van der Waals surface area (Å²) in [6, 6.07) is 12.9. The maximum absolute atomic E-state index is 6.56. The topological polar surface area (TPSA) is 95.0 Å². The Morgan fingerprint density at radius 1 is 0.962 bits per heavy atom. The van der Waals surface area contributed by atoms with Crippen LogP contribution in [0.15, 0.2) is 97.7 Å². The molecular formula is C42H50ClN9. The van der Waals surface area contributed by atoms with E-state index in [0.717, 1.165) is 89.7 Å². The molecule has 1 saturated carbocycles. The summed E-state index contributed by atoms with van der Waals surface area (Å²) in [6.45, 7) is 18.3. The van der Waals surface area contributed by atoms with E-state index in [9.17, 15) is 0 Å². The quantitative estimate of drug-likeness (QED) is 0.108. The van der Waals surface area contributed by atoms with Gasteiger partial charge in [-0.2, -0.15) is 10.1 Å². The summed E-state index contributed by atoms with van der Waals surface area (Å²) in [5.74, 6) is 2.59. The van der Waals surface area contributed by atoms with E-state index in [4.69, 9.17) is 21.7 Å². The fraction of sp³-hybridized carbons (Fsp3) is 0.357. The van der Waals surface area contributed by atoms with Crippen molar-refractivity contribution in [3.63, 3.8) is 0 Å². The third-order valence-corrected chi connectivity index (χ3v) is 11.2. The molecule has 1 atom stereocenters. The highest BCUT2D eigenvalue weighted by atomic mass is 35.5. The first-order chi connectivity index (χ1) is 25.2. The van der Waals surface area contributed by atoms with Crippen LogP contribution in [0.5, 0.6) is 0 Å². The minimum Gasteiger partial charge on any atom is -0.385 e. The van der Waals surface area contributed by atoms with Crippen molar-refractivity contribution in [3.8, 4) is 0 Å². The zero-order chi connectivity index (χ0) is 36.4. The number of aryl methyl sites for hydroxylation is 1. The van der Waals surface area contributed by atoms with E-state index < -0.39 is 0 Å². The highest BCUT2D eigenvalue weighted by Crippen LogP contribution is 2.39. The highest BCUT2D eigenvalue weighted by molar-refractivity contribution is 6.32. The number of hydrogen-bond acceptors (Lipinski definition) is 8. The zero-order valence-corrected chi connectivity index (χ0v) is 31.2. The minimum absolute atomic E-state index is 0.200. The van der Waals surface area contributed by atoms with Crippen LogP contribution in [-0.2, 0) is 7.05 Å². The average molecular weight is 716 g/mol. The molecule has 10 heteroatoms. The standard InChI is InChI=1S/C42H50ClN9/c1-7-8-9-31-20-32-21-34(16-19-38(32)51(5)28(31)4)48-41-37(43)25-46-42(49-41)45-24-30-13-11-29(12-14-30)23-44-33-15-18-36-39(22-33)52(6)50-40(36)35-17-10-26(2)47-27(35)3/h7,15-16,18-22,25,29-30,35,44,47H,1-4,8-14,17,23-24H2,5-6H3,(H2,45,46,48,49)/t29-,30+,35?. The van der Waals surface area contributed by atoms with E-state index in [0.29, 0.717) is 28.6 Å². The SMILES string of the molecule is C=CCCC1=Cc2cc(Nc3nc(NC[C@H]4CC[C@@H](CNc5ccc6c(C7CCC(=C)NC7=C)nn(C)c6c5)CC4)ncc3Cl)ccc2N(C)C1=C. The zero-order valence-electron chi connectivity index (χ0n) is 30.4. The largest absolute Gasteiger partial charge is 0.385 e. The maximum atomic E-state index is 6.56. The van der Waals surface area contributed by atoms with Crippen molar-refractivity contribution in [3.05, 3.63) is 114 Å². The maximum Gasteiger partial charge on any atom is 0.224 e. The summed E-state index contributed by atoms with van der Waals surface area (Å²) in [7, 11) is 4.09. The van der Waals surface area contributed by atoms with Crippen LogP contribution in [0.1, 0.15) is 68.5 Å². The Labute approximate surface area is 312 Å². The van der Waals surface area contributed by atoms with Gasteiger partial charge < -0.3 is 26.2 Å². The molecule has 2 aromatic heterocycles. The van der Waals surface area contributed by atoms with Crippen molar-refractivity contribution in [2.45, 2.75) is 57.3 Å². The Kier molecular flexibility index (Phi) is 10.4. The first kappa shape index (κ1) is 35.4. The Morgan fingerprint density at radius 3 is 2.46 bits per heavy atom. The van der Waals surface area contributed by atoms with Gasteiger partial charge in [0.25, 0.3) is 0 Å². The van der Waals surface area contributed by atoms with Gasteiger partial charge >= 0.3 is 0 Å². The fourth-order valence-electron chi connectivity index (χ4n) is 7.80. The van der Waals surface area contributed by atoms with Gasteiger partial charge in [-0.1, -0.05) is 37.4 Å². The predicted octanol–water partition coefficient (Wildman–Crippen LogP) is 9.90. The third kappa shape index (κ3) is 7.60. The third-order valence-electron chi connectivity index (χ3n) is 10.9. The molecule has 0 bridgehead atoms. The van der Waals surface area contributed by atoms with Gasteiger partial charge in [0.15, 0.2) is 5.82 Å². The molecule has 7 rings (SSSR count). The molecule has 3 aliphatic rings. The van der Waals surface area contributed by atoms with E-state index in [2.05, 4.69) is 101 Å². The van der Waals surface area contributed by atoms with Gasteiger partial charge in [-0.15, -0.1) is 6.58 Å². The smallest absolute Gasteiger partial charge is 0.224 e. The summed E-state index contributed by atoms with van der Waals surface area (Å²) in [5, 5.41) is 20.5. The van der Waals surface area contributed by atoms with Crippen LogP contribution >= 0.6 is 11.6 Å².